The summed E-state index contributed by atoms with van der Waals surface area (Å²) in [5.74, 6) is -0.804. The van der Waals surface area contributed by atoms with Gasteiger partial charge in [-0.1, -0.05) is 48.5 Å². The highest BCUT2D eigenvalue weighted by Gasteiger charge is 2.19. The van der Waals surface area contributed by atoms with Crippen LogP contribution in [0.5, 0.6) is 0 Å². The maximum atomic E-state index is 12.3. The topological polar surface area (TPSA) is 79.2 Å². The number of ether oxygens (including phenoxy) is 1. The van der Waals surface area contributed by atoms with Crippen LogP contribution in [0.2, 0.25) is 0 Å². The Labute approximate surface area is 134 Å². The summed E-state index contributed by atoms with van der Waals surface area (Å²) in [6.07, 6.45) is -0.0374. The molecular weight excluding hydrogens is 292 g/mol. The van der Waals surface area contributed by atoms with Crippen LogP contribution in [0, 0.1) is 11.3 Å². The number of esters is 1. The molecule has 0 aliphatic heterocycles. The molecule has 0 saturated carbocycles. The Balaban J connectivity index is 2.12. The van der Waals surface area contributed by atoms with E-state index >= 15 is 0 Å². The minimum absolute atomic E-state index is 0.0374. The molecule has 0 spiro atoms. The van der Waals surface area contributed by atoms with Gasteiger partial charge in [-0.05, 0) is 17.7 Å². The van der Waals surface area contributed by atoms with Gasteiger partial charge in [0, 0.05) is 5.56 Å². The van der Waals surface area contributed by atoms with Crippen molar-refractivity contribution in [2.75, 3.05) is 6.61 Å². The molecule has 1 amide bonds. The zero-order chi connectivity index (χ0) is 16.5. The SMILES string of the molecule is N#CCOC(=O)C[C@@H](NC(=O)c1ccccc1)c1ccccc1. The molecule has 2 aromatic rings. The van der Waals surface area contributed by atoms with Crippen LogP contribution in [0.4, 0.5) is 0 Å². The maximum Gasteiger partial charge on any atom is 0.309 e. The third-order valence-corrected chi connectivity index (χ3v) is 3.21. The van der Waals surface area contributed by atoms with Crippen LogP contribution in [0.3, 0.4) is 0 Å². The van der Waals surface area contributed by atoms with Crippen LogP contribution in [0.1, 0.15) is 28.4 Å². The van der Waals surface area contributed by atoms with Gasteiger partial charge in [0.25, 0.3) is 5.91 Å². The summed E-state index contributed by atoms with van der Waals surface area (Å²) < 4.78 is 4.78. The van der Waals surface area contributed by atoms with E-state index in [9.17, 15) is 9.59 Å². The summed E-state index contributed by atoms with van der Waals surface area (Å²) in [6.45, 7) is -0.299. The second-order valence-corrected chi connectivity index (χ2v) is 4.83. The van der Waals surface area contributed by atoms with Crippen molar-refractivity contribution in [3.63, 3.8) is 0 Å². The van der Waals surface area contributed by atoms with Crippen molar-refractivity contribution in [1.82, 2.24) is 5.32 Å². The van der Waals surface area contributed by atoms with E-state index < -0.39 is 12.0 Å². The van der Waals surface area contributed by atoms with Crippen molar-refractivity contribution >= 4 is 11.9 Å². The summed E-state index contributed by atoms with van der Waals surface area (Å²) in [6, 6.07) is 19.2. The molecule has 0 unspecified atom stereocenters. The smallest absolute Gasteiger partial charge is 0.309 e. The predicted octanol–water partition coefficient (Wildman–Crippen LogP) is 2.61. The average Bonchev–Trinajstić information content (AvgIpc) is 2.61. The van der Waals surface area contributed by atoms with Gasteiger partial charge in [0.2, 0.25) is 0 Å². The molecule has 0 heterocycles. The second kappa shape index (κ2) is 8.35. The van der Waals surface area contributed by atoms with Crippen molar-refractivity contribution in [2.45, 2.75) is 12.5 Å². The third-order valence-electron chi connectivity index (χ3n) is 3.21. The zero-order valence-corrected chi connectivity index (χ0v) is 12.4. The molecule has 0 fully saturated rings. The fraction of sp³-hybridized carbons (Fsp3) is 0.167. The van der Waals surface area contributed by atoms with Gasteiger partial charge < -0.3 is 10.1 Å². The van der Waals surface area contributed by atoms with Crippen molar-refractivity contribution in [3.05, 3.63) is 71.8 Å². The average molecular weight is 308 g/mol. The van der Waals surface area contributed by atoms with Crippen LogP contribution in [-0.4, -0.2) is 18.5 Å². The Morgan fingerprint density at radius 2 is 1.65 bits per heavy atom. The number of nitrogens with one attached hydrogen (secondary N) is 1. The number of benzene rings is 2. The summed E-state index contributed by atoms with van der Waals surface area (Å²) in [7, 11) is 0. The molecule has 0 aliphatic carbocycles. The lowest BCUT2D eigenvalue weighted by molar-refractivity contribution is -0.142. The van der Waals surface area contributed by atoms with E-state index in [2.05, 4.69) is 5.32 Å². The molecule has 0 aliphatic rings. The van der Waals surface area contributed by atoms with Gasteiger partial charge in [0.1, 0.15) is 6.07 Å². The van der Waals surface area contributed by atoms with E-state index in [0.717, 1.165) is 5.56 Å². The maximum absolute atomic E-state index is 12.3. The van der Waals surface area contributed by atoms with Crippen LogP contribution < -0.4 is 5.32 Å². The van der Waals surface area contributed by atoms with Gasteiger partial charge in [-0.25, -0.2) is 0 Å². The zero-order valence-electron chi connectivity index (χ0n) is 12.4. The minimum atomic E-state index is -0.534. The van der Waals surface area contributed by atoms with Crippen LogP contribution in [-0.2, 0) is 9.53 Å². The Hall–Kier alpha value is -3.13. The number of carbonyl (C=O) groups excluding carboxylic acids is 2. The number of amides is 1. The molecule has 2 aromatic carbocycles. The lowest BCUT2D eigenvalue weighted by Crippen LogP contribution is -2.30. The van der Waals surface area contributed by atoms with Gasteiger partial charge in [-0.15, -0.1) is 0 Å². The molecule has 0 saturated heterocycles. The number of rotatable bonds is 6. The first-order chi connectivity index (χ1) is 11.2. The van der Waals surface area contributed by atoms with E-state index in [1.165, 1.54) is 0 Å². The molecule has 116 valence electrons. The van der Waals surface area contributed by atoms with Gasteiger partial charge in [0.05, 0.1) is 12.5 Å². The first-order valence-electron chi connectivity index (χ1n) is 7.14. The van der Waals surface area contributed by atoms with Crippen molar-refractivity contribution < 1.29 is 14.3 Å². The van der Waals surface area contributed by atoms with Crippen molar-refractivity contribution in [1.29, 1.82) is 5.26 Å². The van der Waals surface area contributed by atoms with Crippen LogP contribution in [0.25, 0.3) is 0 Å². The van der Waals surface area contributed by atoms with E-state index in [0.29, 0.717) is 5.56 Å². The van der Waals surface area contributed by atoms with Gasteiger partial charge in [-0.2, -0.15) is 5.26 Å². The molecular formula is C18H16N2O3. The molecule has 1 atom stereocenters. The summed E-state index contributed by atoms with van der Waals surface area (Å²) in [5, 5.41) is 11.3. The fourth-order valence-corrected chi connectivity index (χ4v) is 2.11. The second-order valence-electron chi connectivity index (χ2n) is 4.83. The fourth-order valence-electron chi connectivity index (χ4n) is 2.11. The Kier molecular flexibility index (Phi) is 5.89. The lowest BCUT2D eigenvalue weighted by Gasteiger charge is -2.18. The van der Waals surface area contributed by atoms with Gasteiger partial charge in [0.15, 0.2) is 6.61 Å². The summed E-state index contributed by atoms with van der Waals surface area (Å²) >= 11 is 0. The molecule has 0 aromatic heterocycles. The molecule has 0 bridgehead atoms. The highest BCUT2D eigenvalue weighted by molar-refractivity contribution is 5.94. The molecule has 1 N–H and O–H groups in total. The van der Waals surface area contributed by atoms with Crippen molar-refractivity contribution in [2.24, 2.45) is 0 Å². The number of nitriles is 1. The number of hydrogen-bond acceptors (Lipinski definition) is 4. The first-order valence-corrected chi connectivity index (χ1v) is 7.14. The molecule has 23 heavy (non-hydrogen) atoms. The van der Waals surface area contributed by atoms with Crippen LogP contribution in [0.15, 0.2) is 60.7 Å². The Morgan fingerprint density at radius 1 is 1.04 bits per heavy atom. The highest BCUT2D eigenvalue weighted by atomic mass is 16.5. The predicted molar refractivity (Wildman–Crippen MR) is 84.3 cm³/mol. The van der Waals surface area contributed by atoms with E-state index in [-0.39, 0.29) is 18.9 Å². The van der Waals surface area contributed by atoms with Gasteiger partial charge >= 0.3 is 5.97 Å². The quantitative estimate of drug-likeness (QED) is 0.832. The monoisotopic (exact) mass is 308 g/mol. The van der Waals surface area contributed by atoms with Crippen LogP contribution >= 0.6 is 0 Å². The standard InChI is InChI=1S/C18H16N2O3/c19-11-12-23-17(21)13-16(14-7-3-1-4-8-14)20-18(22)15-9-5-2-6-10-15/h1-10,16H,12-13H2,(H,20,22)/t16-/m1/s1. The van der Waals surface area contributed by atoms with Gasteiger partial charge in [-0.3, -0.25) is 9.59 Å². The summed E-state index contributed by atoms with van der Waals surface area (Å²) in [5.41, 5.74) is 1.31. The number of carbonyl (C=O) groups is 2. The Bertz CT molecular complexity index is 693. The number of hydrogen-bond donors (Lipinski definition) is 1. The third kappa shape index (κ3) is 4.97. The molecule has 5 heteroatoms. The van der Waals surface area contributed by atoms with E-state index in [1.54, 1.807) is 30.3 Å². The lowest BCUT2D eigenvalue weighted by atomic mass is 10.0. The highest BCUT2D eigenvalue weighted by Crippen LogP contribution is 2.18. The Morgan fingerprint density at radius 3 is 2.26 bits per heavy atom. The largest absolute Gasteiger partial charge is 0.450 e. The number of nitrogens with zero attached hydrogens (tertiary/aromatic N) is 1. The molecule has 2 rings (SSSR count). The minimum Gasteiger partial charge on any atom is -0.450 e. The van der Waals surface area contributed by atoms with E-state index in [1.807, 2.05) is 36.4 Å². The molecule has 5 nitrogen and oxygen atoms in total. The molecule has 0 radical (unpaired) electrons. The normalized spacial score (nSPS) is 11.1. The van der Waals surface area contributed by atoms with E-state index in [4.69, 9.17) is 10.00 Å². The van der Waals surface area contributed by atoms with Crippen molar-refractivity contribution in [3.8, 4) is 6.07 Å². The summed E-state index contributed by atoms with van der Waals surface area (Å²) in [4.78, 5) is 24.1. The first kappa shape index (κ1) is 16.2.